The second-order valence-corrected chi connectivity index (χ2v) is 2.58. The predicted octanol–water partition coefficient (Wildman–Crippen LogP) is 1.99. The van der Waals surface area contributed by atoms with Gasteiger partial charge >= 0.3 is 20.6 Å². The van der Waals surface area contributed by atoms with E-state index >= 15 is 0 Å². The van der Waals surface area contributed by atoms with Crippen molar-refractivity contribution < 1.29 is 32.7 Å². The largest absolute Gasteiger partial charge is 0.818 e. The molecule has 0 spiro atoms. The first kappa shape index (κ1) is 12.6. The zero-order valence-corrected chi connectivity index (χ0v) is 8.61. The highest BCUT2D eigenvalue weighted by atomic mass is 31.1. The van der Waals surface area contributed by atoms with Crippen LogP contribution in [-0.2, 0) is 23.1 Å². The van der Waals surface area contributed by atoms with Crippen molar-refractivity contribution in [2.45, 2.75) is 13.8 Å². The van der Waals surface area contributed by atoms with Gasteiger partial charge in [-0.1, -0.05) is 0 Å². The molecule has 0 aromatic heterocycles. The minimum Gasteiger partial charge on any atom is -0.432 e. The van der Waals surface area contributed by atoms with Crippen LogP contribution >= 0.6 is 8.25 Å². The van der Waals surface area contributed by atoms with E-state index in [1.54, 1.807) is 13.8 Å². The van der Waals surface area contributed by atoms with Crippen LogP contribution in [-0.4, -0.2) is 25.5 Å². The van der Waals surface area contributed by atoms with Crippen LogP contribution in [0.1, 0.15) is 13.8 Å². The van der Waals surface area contributed by atoms with Crippen LogP contribution in [0, 0.1) is 0 Å². The summed E-state index contributed by atoms with van der Waals surface area (Å²) in [6.07, 6.45) is -2.34. The summed E-state index contributed by atoms with van der Waals surface area (Å²) in [6.45, 7) is 3.23. The van der Waals surface area contributed by atoms with Gasteiger partial charge in [0.2, 0.25) is 0 Å². The molecule has 0 radical (unpaired) electrons. The molecule has 0 aliphatic heterocycles. The Kier molecular flexibility index (Phi) is 6.39. The molecule has 0 unspecified atom stereocenters. The highest BCUT2D eigenvalue weighted by Crippen LogP contribution is 2.25. The third-order valence-corrected chi connectivity index (χ3v) is 1.42. The summed E-state index contributed by atoms with van der Waals surface area (Å²) in [5, 5.41) is 0. The van der Waals surface area contributed by atoms with Crippen LogP contribution in [0.4, 0.5) is 9.59 Å². The van der Waals surface area contributed by atoms with E-state index in [4.69, 9.17) is 0 Å². The van der Waals surface area contributed by atoms with Crippen LogP contribution in [0.15, 0.2) is 0 Å². The van der Waals surface area contributed by atoms with E-state index < -0.39 is 20.6 Å². The van der Waals surface area contributed by atoms with Crippen LogP contribution < -0.4 is 0 Å². The second-order valence-electron chi connectivity index (χ2n) is 1.77. The van der Waals surface area contributed by atoms with Gasteiger partial charge in [-0.2, -0.15) is 9.59 Å². The van der Waals surface area contributed by atoms with Gasteiger partial charge in [0, 0.05) is 4.57 Å². The molecule has 8 heteroatoms. The zero-order chi connectivity index (χ0) is 11.0. The lowest BCUT2D eigenvalue weighted by molar-refractivity contribution is 0.0865. The first-order valence-electron chi connectivity index (χ1n) is 3.76. The fraction of sp³-hybridized carbons (Fsp3) is 0.667. The molecule has 0 aliphatic carbocycles. The van der Waals surface area contributed by atoms with Gasteiger partial charge in [0.1, 0.15) is 0 Å². The zero-order valence-electron chi connectivity index (χ0n) is 7.72. The summed E-state index contributed by atoms with van der Waals surface area (Å²) in [5.41, 5.74) is 0. The van der Waals surface area contributed by atoms with Gasteiger partial charge < -0.3 is 9.47 Å². The highest BCUT2D eigenvalue weighted by molar-refractivity contribution is 7.34. The first-order valence-corrected chi connectivity index (χ1v) is 4.86. The molecule has 80 valence electrons. The van der Waals surface area contributed by atoms with E-state index in [-0.39, 0.29) is 13.2 Å². The minimum absolute atomic E-state index is 0.0708. The quantitative estimate of drug-likeness (QED) is 0.533. The van der Waals surface area contributed by atoms with Gasteiger partial charge in [0.15, 0.2) is 0 Å². The minimum atomic E-state index is -2.88. The second kappa shape index (κ2) is 7.08. The van der Waals surface area contributed by atoms with E-state index in [2.05, 4.69) is 18.5 Å². The van der Waals surface area contributed by atoms with Crippen LogP contribution in [0.3, 0.4) is 0 Å². The van der Waals surface area contributed by atoms with Crippen molar-refractivity contribution in [3.63, 3.8) is 0 Å². The summed E-state index contributed by atoms with van der Waals surface area (Å²) >= 11 is 0. The lowest BCUT2D eigenvalue weighted by Gasteiger charge is -1.93. The van der Waals surface area contributed by atoms with E-state index in [1.165, 1.54) is 0 Å². The number of rotatable bonds is 4. The van der Waals surface area contributed by atoms with Crippen LogP contribution in [0.2, 0.25) is 0 Å². The molecule has 0 saturated heterocycles. The summed E-state index contributed by atoms with van der Waals surface area (Å²) < 4.78 is 27.3. The third-order valence-electron chi connectivity index (χ3n) is 0.823. The average Bonchev–Trinajstić information content (AvgIpc) is 2.03. The lowest BCUT2D eigenvalue weighted by atomic mass is 10.9. The van der Waals surface area contributed by atoms with Crippen molar-refractivity contribution in [1.29, 1.82) is 0 Å². The molecule has 0 saturated carbocycles. The van der Waals surface area contributed by atoms with Gasteiger partial charge in [0.05, 0.1) is 13.2 Å². The molecule has 0 aliphatic rings. The Balaban J connectivity index is 3.75. The summed E-state index contributed by atoms with van der Waals surface area (Å²) in [4.78, 5) is 21.1. The Morgan fingerprint density at radius 3 is 1.64 bits per heavy atom. The van der Waals surface area contributed by atoms with Crippen molar-refractivity contribution in [3.8, 4) is 0 Å². The van der Waals surface area contributed by atoms with Gasteiger partial charge in [0.25, 0.3) is 0 Å². The number of hydrogen-bond donors (Lipinski definition) is 0. The molecular weight excluding hydrogens is 215 g/mol. The molecule has 0 atom stereocenters. The third kappa shape index (κ3) is 6.19. The number of ether oxygens (including phenoxy) is 2. The molecule has 0 heterocycles. The molecule has 0 aromatic rings. The monoisotopic (exact) mass is 225 g/mol. The molecule has 0 rings (SSSR count). The maximum atomic E-state index is 10.7. The van der Waals surface area contributed by atoms with Crippen LogP contribution in [0.25, 0.3) is 0 Å². The van der Waals surface area contributed by atoms with Crippen molar-refractivity contribution >= 4 is 20.6 Å². The standard InChI is InChI=1S/C6H10O7P/c1-3-10-5(7)12-14(9)13-6(8)11-4-2/h3-4H2,1-2H3/q+1. The van der Waals surface area contributed by atoms with E-state index in [1.807, 2.05) is 0 Å². The Morgan fingerprint density at radius 1 is 1.00 bits per heavy atom. The summed E-state index contributed by atoms with van der Waals surface area (Å²) in [7, 11) is -2.88. The average molecular weight is 225 g/mol. The Hall–Kier alpha value is -1.36. The molecule has 0 fully saturated rings. The van der Waals surface area contributed by atoms with Crippen molar-refractivity contribution in [2.75, 3.05) is 13.2 Å². The van der Waals surface area contributed by atoms with Crippen molar-refractivity contribution in [1.82, 2.24) is 0 Å². The fourth-order valence-electron chi connectivity index (χ4n) is 0.429. The molecule has 0 N–H and O–H groups in total. The van der Waals surface area contributed by atoms with Gasteiger partial charge in [-0.25, -0.2) is 0 Å². The van der Waals surface area contributed by atoms with Gasteiger partial charge in [-0.3, -0.25) is 0 Å². The summed E-state index contributed by atoms with van der Waals surface area (Å²) in [5.74, 6) is 0. The van der Waals surface area contributed by atoms with Gasteiger partial charge in [-0.05, 0) is 13.8 Å². The molecule has 7 nitrogen and oxygen atoms in total. The number of carbonyl (C=O) groups excluding carboxylic acids is 2. The van der Waals surface area contributed by atoms with Gasteiger partial charge in [-0.15, -0.1) is 9.05 Å². The maximum absolute atomic E-state index is 10.7. The SMILES string of the molecule is CCOC(=O)O[P+](=O)OC(=O)OCC. The van der Waals surface area contributed by atoms with Crippen LogP contribution in [0.5, 0.6) is 0 Å². The first-order chi connectivity index (χ1) is 6.60. The normalized spacial score (nSPS) is 8.71. The highest BCUT2D eigenvalue weighted by Gasteiger charge is 2.33. The molecule has 14 heavy (non-hydrogen) atoms. The van der Waals surface area contributed by atoms with Crippen molar-refractivity contribution in [3.05, 3.63) is 0 Å². The smallest absolute Gasteiger partial charge is 0.432 e. The Morgan fingerprint density at radius 2 is 1.36 bits per heavy atom. The van der Waals surface area contributed by atoms with E-state index in [0.29, 0.717) is 0 Å². The fourth-order valence-corrected chi connectivity index (χ4v) is 0.815. The molecule has 0 amide bonds. The summed E-state index contributed by atoms with van der Waals surface area (Å²) in [6, 6.07) is 0. The molecule has 0 bridgehead atoms. The Labute approximate surface area is 81.2 Å². The maximum Gasteiger partial charge on any atom is 0.818 e. The lowest BCUT2D eigenvalue weighted by Crippen LogP contribution is -2.06. The van der Waals surface area contributed by atoms with Crippen molar-refractivity contribution in [2.24, 2.45) is 0 Å². The predicted molar refractivity (Wildman–Crippen MR) is 43.8 cm³/mol. The van der Waals surface area contributed by atoms with E-state index in [9.17, 15) is 14.2 Å². The topological polar surface area (TPSA) is 88.1 Å². The Bertz CT molecular complexity index is 204. The van der Waals surface area contributed by atoms with E-state index in [0.717, 1.165) is 0 Å². The molecular formula is C6H10O7P+. The number of carbonyl (C=O) groups is 2. The number of hydrogen-bond acceptors (Lipinski definition) is 7. The molecule has 0 aromatic carbocycles.